The van der Waals surface area contributed by atoms with Gasteiger partial charge in [0.25, 0.3) is 0 Å². The molecule has 0 saturated heterocycles. The van der Waals surface area contributed by atoms with E-state index in [4.69, 9.17) is 15.2 Å². The molecule has 2 amide bonds. The van der Waals surface area contributed by atoms with Crippen molar-refractivity contribution in [2.24, 2.45) is 17.8 Å². The number of aromatic nitrogens is 2. The molecule has 9 nitrogen and oxygen atoms in total. The summed E-state index contributed by atoms with van der Waals surface area (Å²) < 4.78 is 12.6. The standard InChI is InChI=1S/C22H31N5O4/c1-14-24-13-17(26(14)8)15-10-9-11-16(12-15)27(20(29)31-22(5,6)7)18(23)25-19(28)30-21(2,3)4/h9-13H,1-8H3,(H2,23,25,28). The Morgan fingerprint density at radius 3 is 2.23 bits per heavy atom. The molecule has 0 spiro atoms. The number of carbonyl (C=O) groups excluding carboxylic acids is 2. The highest BCUT2D eigenvalue weighted by atomic mass is 16.6. The van der Waals surface area contributed by atoms with E-state index in [1.54, 1.807) is 65.9 Å². The number of aryl methyl sites for hydroxylation is 1. The summed E-state index contributed by atoms with van der Waals surface area (Å²) in [7, 11) is 1.90. The Balaban J connectivity index is 2.50. The summed E-state index contributed by atoms with van der Waals surface area (Å²) in [4.78, 5) is 34.2. The highest BCUT2D eigenvalue weighted by molar-refractivity contribution is 6.15. The number of carbonyl (C=O) groups is 2. The van der Waals surface area contributed by atoms with Gasteiger partial charge in [-0.05, 0) is 60.6 Å². The first-order chi connectivity index (χ1) is 14.2. The number of ether oxygens (including phenoxy) is 2. The monoisotopic (exact) mass is 429 g/mol. The summed E-state index contributed by atoms with van der Waals surface area (Å²) in [5.41, 5.74) is 6.58. The minimum Gasteiger partial charge on any atom is -0.443 e. The Hall–Kier alpha value is -3.36. The van der Waals surface area contributed by atoms with Crippen molar-refractivity contribution >= 4 is 23.8 Å². The molecular weight excluding hydrogens is 398 g/mol. The SMILES string of the molecule is Cc1ncc(-c2cccc(N(C(=O)OC(C)(C)C)C(N)=NC(=O)OC(C)(C)C)c2)n1C. The lowest BCUT2D eigenvalue weighted by Gasteiger charge is -2.27. The number of benzene rings is 1. The van der Waals surface area contributed by atoms with Crippen LogP contribution >= 0.6 is 0 Å². The molecule has 1 aromatic heterocycles. The van der Waals surface area contributed by atoms with Crippen LogP contribution in [0.4, 0.5) is 15.3 Å². The van der Waals surface area contributed by atoms with Crippen LogP contribution in [0.1, 0.15) is 47.4 Å². The second kappa shape index (κ2) is 8.79. The maximum absolute atomic E-state index is 13.0. The van der Waals surface area contributed by atoms with E-state index in [2.05, 4.69) is 9.98 Å². The second-order valence-electron chi connectivity index (χ2n) is 9.07. The molecule has 0 aliphatic carbocycles. The van der Waals surface area contributed by atoms with E-state index < -0.39 is 23.4 Å². The van der Waals surface area contributed by atoms with Crippen LogP contribution in [0.25, 0.3) is 11.3 Å². The van der Waals surface area contributed by atoms with Crippen molar-refractivity contribution in [3.63, 3.8) is 0 Å². The van der Waals surface area contributed by atoms with Crippen LogP contribution in [0.2, 0.25) is 0 Å². The maximum Gasteiger partial charge on any atom is 0.437 e. The summed E-state index contributed by atoms with van der Waals surface area (Å²) in [5.74, 6) is 0.484. The predicted octanol–water partition coefficient (Wildman–Crippen LogP) is 4.39. The number of nitrogens with zero attached hydrogens (tertiary/aromatic N) is 4. The van der Waals surface area contributed by atoms with Crippen molar-refractivity contribution < 1.29 is 19.1 Å². The molecule has 168 valence electrons. The van der Waals surface area contributed by atoms with E-state index in [9.17, 15) is 9.59 Å². The highest BCUT2D eigenvalue weighted by Gasteiger charge is 2.28. The molecule has 1 aromatic carbocycles. The average molecular weight is 430 g/mol. The van der Waals surface area contributed by atoms with E-state index in [1.165, 1.54) is 0 Å². The molecule has 0 aliphatic rings. The van der Waals surface area contributed by atoms with Gasteiger partial charge < -0.3 is 19.8 Å². The van der Waals surface area contributed by atoms with E-state index in [-0.39, 0.29) is 5.96 Å². The fourth-order valence-electron chi connectivity index (χ4n) is 2.64. The third-order valence-corrected chi connectivity index (χ3v) is 4.03. The number of nitrogens with two attached hydrogens (primary N) is 1. The lowest BCUT2D eigenvalue weighted by molar-refractivity contribution is 0.0601. The smallest absolute Gasteiger partial charge is 0.437 e. The van der Waals surface area contributed by atoms with Gasteiger partial charge in [-0.1, -0.05) is 12.1 Å². The molecule has 9 heteroatoms. The van der Waals surface area contributed by atoms with Crippen molar-refractivity contribution in [3.05, 3.63) is 36.3 Å². The van der Waals surface area contributed by atoms with Crippen LogP contribution in [0.3, 0.4) is 0 Å². The topological polar surface area (TPSA) is 112 Å². The first kappa shape index (κ1) is 23.9. The summed E-state index contributed by atoms with van der Waals surface area (Å²) in [6.45, 7) is 12.2. The molecule has 0 bridgehead atoms. The molecule has 0 aliphatic heterocycles. The fourth-order valence-corrected chi connectivity index (χ4v) is 2.64. The molecule has 2 aromatic rings. The second-order valence-corrected chi connectivity index (χ2v) is 9.07. The number of hydrogen-bond acceptors (Lipinski definition) is 5. The first-order valence-corrected chi connectivity index (χ1v) is 9.87. The van der Waals surface area contributed by atoms with Gasteiger partial charge in [-0.15, -0.1) is 4.99 Å². The molecular formula is C22H31N5O4. The van der Waals surface area contributed by atoms with Gasteiger partial charge in [0.15, 0.2) is 0 Å². The van der Waals surface area contributed by atoms with E-state index in [0.717, 1.165) is 22.0 Å². The minimum absolute atomic E-state index is 0.359. The summed E-state index contributed by atoms with van der Waals surface area (Å²) in [5, 5.41) is 0. The Labute approximate surface area is 182 Å². The number of hydrogen-bond donors (Lipinski definition) is 1. The number of anilines is 1. The number of aliphatic imine (C=N–C) groups is 1. The van der Waals surface area contributed by atoms with Crippen LogP contribution in [0.5, 0.6) is 0 Å². The lowest BCUT2D eigenvalue weighted by atomic mass is 10.1. The van der Waals surface area contributed by atoms with Crippen LogP contribution < -0.4 is 10.6 Å². The first-order valence-electron chi connectivity index (χ1n) is 9.87. The molecule has 0 unspecified atom stereocenters. The Bertz CT molecular complexity index is 996. The lowest BCUT2D eigenvalue weighted by Crippen LogP contribution is -2.45. The van der Waals surface area contributed by atoms with Crippen molar-refractivity contribution in [1.82, 2.24) is 9.55 Å². The van der Waals surface area contributed by atoms with Gasteiger partial charge in [0.2, 0.25) is 5.96 Å². The fraction of sp³-hybridized carbons (Fsp3) is 0.455. The van der Waals surface area contributed by atoms with Gasteiger partial charge in [-0.3, -0.25) is 0 Å². The number of guanidine groups is 1. The third kappa shape index (κ3) is 6.56. The normalized spacial score (nSPS) is 12.5. The van der Waals surface area contributed by atoms with E-state index in [0.29, 0.717) is 5.69 Å². The molecule has 0 fully saturated rings. The molecule has 2 N–H and O–H groups in total. The van der Waals surface area contributed by atoms with Crippen molar-refractivity contribution in [1.29, 1.82) is 0 Å². The average Bonchev–Trinajstić information content (AvgIpc) is 2.91. The van der Waals surface area contributed by atoms with Gasteiger partial charge in [0, 0.05) is 12.6 Å². The minimum atomic E-state index is -0.906. The van der Waals surface area contributed by atoms with Crippen LogP contribution in [0, 0.1) is 6.92 Å². The summed E-state index contributed by atoms with van der Waals surface area (Å²) in [6, 6.07) is 7.07. The Morgan fingerprint density at radius 2 is 1.71 bits per heavy atom. The van der Waals surface area contributed by atoms with Crippen molar-refractivity contribution in [2.45, 2.75) is 59.7 Å². The molecule has 0 atom stereocenters. The van der Waals surface area contributed by atoms with Crippen LogP contribution in [-0.4, -0.2) is 38.9 Å². The predicted molar refractivity (Wildman–Crippen MR) is 120 cm³/mol. The largest absolute Gasteiger partial charge is 0.443 e. The molecule has 2 rings (SSSR count). The number of rotatable bonds is 2. The van der Waals surface area contributed by atoms with E-state index in [1.807, 2.05) is 24.6 Å². The highest BCUT2D eigenvalue weighted by Crippen LogP contribution is 2.26. The van der Waals surface area contributed by atoms with Gasteiger partial charge in [0.05, 0.1) is 17.6 Å². The Kier molecular flexibility index (Phi) is 6.78. The quantitative estimate of drug-likeness (QED) is 0.560. The maximum atomic E-state index is 13.0. The van der Waals surface area contributed by atoms with Gasteiger partial charge >= 0.3 is 12.2 Å². The van der Waals surface area contributed by atoms with Gasteiger partial charge in [-0.25, -0.2) is 19.5 Å². The number of imidazole rings is 1. The Morgan fingerprint density at radius 1 is 1.10 bits per heavy atom. The number of amides is 2. The zero-order valence-electron chi connectivity index (χ0n) is 19.4. The zero-order valence-corrected chi connectivity index (χ0v) is 19.4. The van der Waals surface area contributed by atoms with Crippen molar-refractivity contribution in [2.75, 3.05) is 4.90 Å². The molecule has 31 heavy (non-hydrogen) atoms. The third-order valence-electron chi connectivity index (χ3n) is 4.03. The van der Waals surface area contributed by atoms with Crippen LogP contribution in [-0.2, 0) is 16.5 Å². The van der Waals surface area contributed by atoms with Gasteiger partial charge in [-0.2, -0.15) is 0 Å². The van der Waals surface area contributed by atoms with Crippen molar-refractivity contribution in [3.8, 4) is 11.3 Å². The molecule has 0 radical (unpaired) electrons. The molecule has 1 heterocycles. The van der Waals surface area contributed by atoms with Gasteiger partial charge in [0.1, 0.15) is 17.0 Å². The summed E-state index contributed by atoms with van der Waals surface area (Å²) in [6.07, 6.45) is 0.0670. The molecule has 0 saturated carbocycles. The zero-order chi connectivity index (χ0) is 23.6. The summed E-state index contributed by atoms with van der Waals surface area (Å²) >= 11 is 0. The van der Waals surface area contributed by atoms with Crippen LogP contribution in [0.15, 0.2) is 35.5 Å². The van der Waals surface area contributed by atoms with E-state index >= 15 is 0 Å².